The number of alkyl halides is 2. The molecule has 1 aliphatic carbocycles. The fourth-order valence-electron chi connectivity index (χ4n) is 2.28. The van der Waals surface area contributed by atoms with E-state index in [-0.39, 0.29) is 13.0 Å². The lowest BCUT2D eigenvalue weighted by Crippen LogP contribution is -2.66. The Bertz CT molecular complexity index is 336. The average Bonchev–Trinajstić information content (AvgIpc) is 2.41. The molecule has 0 radical (unpaired) electrons. The number of ether oxygens (including phenoxy) is 2. The minimum absolute atomic E-state index is 0.127. The summed E-state index contributed by atoms with van der Waals surface area (Å²) in [7, 11) is 0. The Kier molecular flexibility index (Phi) is 2.26. The Labute approximate surface area is 93.0 Å². The molecular formula is C11H16F2O3. The van der Waals surface area contributed by atoms with E-state index in [1.165, 1.54) is 13.0 Å². The minimum atomic E-state index is -3.23. The molecule has 0 saturated carbocycles. The number of halogens is 2. The molecule has 0 amide bonds. The zero-order valence-corrected chi connectivity index (χ0v) is 9.59. The van der Waals surface area contributed by atoms with Gasteiger partial charge in [0.1, 0.15) is 5.60 Å². The number of aliphatic hydroxyl groups is 1. The van der Waals surface area contributed by atoms with Crippen molar-refractivity contribution in [3.8, 4) is 0 Å². The third-order valence-electron chi connectivity index (χ3n) is 3.29. The quantitative estimate of drug-likeness (QED) is 0.650. The third kappa shape index (κ3) is 1.42. The van der Waals surface area contributed by atoms with Gasteiger partial charge in [0.05, 0.1) is 6.61 Å². The van der Waals surface area contributed by atoms with Gasteiger partial charge < -0.3 is 14.6 Å². The molecule has 0 unspecified atom stereocenters. The SMILES string of the molecule is CC1(C)OC[C@@]2(O1)C(F)(F)C=CC[C@]2(C)O. The van der Waals surface area contributed by atoms with Gasteiger partial charge in [0, 0.05) is 0 Å². The molecule has 2 rings (SSSR count). The van der Waals surface area contributed by atoms with Crippen LogP contribution < -0.4 is 0 Å². The second-order valence-corrected chi connectivity index (χ2v) is 5.12. The topological polar surface area (TPSA) is 38.7 Å². The largest absolute Gasteiger partial charge is 0.386 e. The Balaban J connectivity index is 2.47. The van der Waals surface area contributed by atoms with Gasteiger partial charge >= 0.3 is 0 Å². The molecule has 1 aliphatic heterocycles. The summed E-state index contributed by atoms with van der Waals surface area (Å²) in [5.41, 5.74) is -3.63. The van der Waals surface area contributed by atoms with Crippen molar-refractivity contribution in [1.29, 1.82) is 0 Å². The lowest BCUT2D eigenvalue weighted by Gasteiger charge is -2.46. The van der Waals surface area contributed by atoms with Crippen LogP contribution in [0, 0.1) is 0 Å². The van der Waals surface area contributed by atoms with E-state index >= 15 is 0 Å². The summed E-state index contributed by atoms with van der Waals surface area (Å²) in [5, 5.41) is 10.2. The Morgan fingerprint density at radius 2 is 1.88 bits per heavy atom. The van der Waals surface area contributed by atoms with Crippen LogP contribution in [-0.2, 0) is 9.47 Å². The van der Waals surface area contributed by atoms with E-state index < -0.39 is 22.9 Å². The van der Waals surface area contributed by atoms with Gasteiger partial charge in [0.15, 0.2) is 11.4 Å². The molecule has 1 spiro atoms. The van der Waals surface area contributed by atoms with E-state index in [4.69, 9.17) is 9.47 Å². The van der Waals surface area contributed by atoms with Crippen molar-refractivity contribution < 1.29 is 23.4 Å². The van der Waals surface area contributed by atoms with Crippen LogP contribution >= 0.6 is 0 Å². The first kappa shape index (κ1) is 12.0. The van der Waals surface area contributed by atoms with Crippen molar-refractivity contribution >= 4 is 0 Å². The van der Waals surface area contributed by atoms with E-state index in [9.17, 15) is 13.9 Å². The molecule has 5 heteroatoms. The number of hydrogen-bond donors (Lipinski definition) is 1. The van der Waals surface area contributed by atoms with Crippen molar-refractivity contribution in [2.75, 3.05) is 6.61 Å². The van der Waals surface area contributed by atoms with Crippen LogP contribution in [0.2, 0.25) is 0 Å². The van der Waals surface area contributed by atoms with Crippen molar-refractivity contribution in [3.05, 3.63) is 12.2 Å². The van der Waals surface area contributed by atoms with Crippen LogP contribution in [0.25, 0.3) is 0 Å². The molecule has 1 saturated heterocycles. The lowest BCUT2D eigenvalue weighted by atomic mass is 9.74. The maximum atomic E-state index is 14.0. The lowest BCUT2D eigenvalue weighted by molar-refractivity contribution is -0.276. The zero-order chi connectivity index (χ0) is 12.2. The first-order valence-corrected chi connectivity index (χ1v) is 5.24. The molecule has 2 aliphatic rings. The first-order valence-electron chi connectivity index (χ1n) is 5.24. The van der Waals surface area contributed by atoms with Gasteiger partial charge in [-0.05, 0) is 33.3 Å². The highest BCUT2D eigenvalue weighted by Gasteiger charge is 2.69. The van der Waals surface area contributed by atoms with E-state index in [1.807, 2.05) is 0 Å². The van der Waals surface area contributed by atoms with Crippen LogP contribution in [0.5, 0.6) is 0 Å². The molecule has 92 valence electrons. The Hall–Kier alpha value is -0.520. The normalized spacial score (nSPS) is 45.1. The van der Waals surface area contributed by atoms with Gasteiger partial charge in [-0.25, -0.2) is 0 Å². The van der Waals surface area contributed by atoms with Crippen molar-refractivity contribution in [2.45, 2.75) is 50.1 Å². The molecule has 2 atom stereocenters. The van der Waals surface area contributed by atoms with Crippen molar-refractivity contribution in [2.24, 2.45) is 0 Å². The molecular weight excluding hydrogens is 218 g/mol. The molecule has 0 bridgehead atoms. The molecule has 1 N–H and O–H groups in total. The van der Waals surface area contributed by atoms with Crippen LogP contribution in [0.1, 0.15) is 27.2 Å². The zero-order valence-electron chi connectivity index (χ0n) is 9.59. The van der Waals surface area contributed by atoms with Crippen molar-refractivity contribution in [1.82, 2.24) is 0 Å². The highest BCUT2D eigenvalue weighted by atomic mass is 19.3. The molecule has 3 nitrogen and oxygen atoms in total. The fourth-order valence-corrected chi connectivity index (χ4v) is 2.28. The highest BCUT2D eigenvalue weighted by molar-refractivity contribution is 5.23. The van der Waals surface area contributed by atoms with E-state index in [1.54, 1.807) is 13.8 Å². The molecule has 1 heterocycles. The maximum absolute atomic E-state index is 14.0. The molecule has 0 aromatic carbocycles. The first-order chi connectivity index (χ1) is 7.12. The van der Waals surface area contributed by atoms with Gasteiger partial charge in [-0.2, -0.15) is 8.78 Å². The van der Waals surface area contributed by atoms with Gasteiger partial charge in [0.2, 0.25) is 0 Å². The van der Waals surface area contributed by atoms with Crippen LogP contribution in [0.15, 0.2) is 12.2 Å². The number of rotatable bonds is 0. The van der Waals surface area contributed by atoms with Crippen LogP contribution in [0.4, 0.5) is 8.78 Å². The molecule has 16 heavy (non-hydrogen) atoms. The molecule has 1 fully saturated rings. The van der Waals surface area contributed by atoms with Gasteiger partial charge in [-0.3, -0.25) is 0 Å². The summed E-state index contributed by atoms with van der Waals surface area (Å²) in [6.07, 6.45) is 2.19. The second-order valence-electron chi connectivity index (χ2n) is 5.12. The van der Waals surface area contributed by atoms with E-state index in [2.05, 4.69) is 0 Å². The Morgan fingerprint density at radius 3 is 2.31 bits per heavy atom. The summed E-state index contributed by atoms with van der Waals surface area (Å²) < 4.78 is 38.4. The predicted octanol–water partition coefficient (Wildman–Crippen LogP) is 1.85. The third-order valence-corrected chi connectivity index (χ3v) is 3.29. The van der Waals surface area contributed by atoms with Gasteiger partial charge in [0.25, 0.3) is 5.92 Å². The summed E-state index contributed by atoms with van der Waals surface area (Å²) in [6.45, 7) is 4.16. The summed E-state index contributed by atoms with van der Waals surface area (Å²) in [4.78, 5) is 0. The smallest absolute Gasteiger partial charge is 0.300 e. The van der Waals surface area contributed by atoms with Gasteiger partial charge in [-0.1, -0.05) is 6.08 Å². The summed E-state index contributed by atoms with van der Waals surface area (Å²) in [6, 6.07) is 0. The standard InChI is InChI=1S/C11H16F2O3/c1-8(2)15-7-10(16-8)9(3,14)5-4-6-11(10,12)13/h4,6,14H,5,7H2,1-3H3/t9-,10-/m0/s1. The maximum Gasteiger partial charge on any atom is 0.300 e. The second kappa shape index (κ2) is 3.03. The van der Waals surface area contributed by atoms with E-state index in [0.717, 1.165) is 6.08 Å². The van der Waals surface area contributed by atoms with Gasteiger partial charge in [-0.15, -0.1) is 0 Å². The predicted molar refractivity (Wildman–Crippen MR) is 53.2 cm³/mol. The monoisotopic (exact) mass is 234 g/mol. The highest BCUT2D eigenvalue weighted by Crippen LogP contribution is 2.52. The average molecular weight is 234 g/mol. The van der Waals surface area contributed by atoms with Crippen LogP contribution in [0.3, 0.4) is 0 Å². The summed E-state index contributed by atoms with van der Waals surface area (Å²) >= 11 is 0. The molecule has 0 aromatic heterocycles. The summed E-state index contributed by atoms with van der Waals surface area (Å²) in [5.74, 6) is -4.33. The Morgan fingerprint density at radius 1 is 1.25 bits per heavy atom. The number of hydrogen-bond acceptors (Lipinski definition) is 3. The molecule has 0 aromatic rings. The van der Waals surface area contributed by atoms with Crippen molar-refractivity contribution in [3.63, 3.8) is 0 Å². The fraction of sp³-hybridized carbons (Fsp3) is 0.818. The minimum Gasteiger partial charge on any atom is -0.386 e. The van der Waals surface area contributed by atoms with Crippen LogP contribution in [-0.4, -0.2) is 34.6 Å². The van der Waals surface area contributed by atoms with E-state index in [0.29, 0.717) is 0 Å².